The van der Waals surface area contributed by atoms with Crippen molar-refractivity contribution in [1.82, 2.24) is 0 Å². The van der Waals surface area contributed by atoms with Crippen molar-refractivity contribution in [2.45, 2.75) is 17.9 Å². The van der Waals surface area contributed by atoms with Gasteiger partial charge < -0.3 is 11.1 Å². The number of rotatable bonds is 5. The number of anilines is 2. The van der Waals surface area contributed by atoms with Crippen LogP contribution in [-0.4, -0.2) is 30.7 Å². The Balaban J connectivity index is 2.90. The van der Waals surface area contributed by atoms with Gasteiger partial charge in [-0.05, 0) is 25.1 Å². The molecule has 1 rings (SSSR count). The Labute approximate surface area is 109 Å². The van der Waals surface area contributed by atoms with E-state index in [0.29, 0.717) is 11.4 Å². The molecule has 0 aliphatic rings. The molecule has 8 heteroatoms. The summed E-state index contributed by atoms with van der Waals surface area (Å²) in [5.41, 5.74) is 6.62. The first kappa shape index (κ1) is 14.9. The second-order valence-electron chi connectivity index (χ2n) is 4.08. The number of nitrogens with one attached hydrogen (secondary N) is 1. The van der Waals surface area contributed by atoms with E-state index < -0.39 is 20.8 Å². The molecule has 0 aromatic heterocycles. The van der Waals surface area contributed by atoms with Gasteiger partial charge in [0.2, 0.25) is 10.0 Å². The van der Waals surface area contributed by atoms with Crippen LogP contribution in [0, 0.1) is 0 Å². The average Bonchev–Trinajstić information content (AvgIpc) is 2.18. The standard InChI is InChI=1S/C10H17N3O3S2/c1-7(6-17(2)14)13-10-4-3-8(5-9(10)11)18(12,15)16/h3-5,7,13H,6,11H2,1-2H3,(H2,12,15,16). The van der Waals surface area contributed by atoms with E-state index in [1.54, 1.807) is 12.3 Å². The Kier molecular flexibility index (Phi) is 4.71. The van der Waals surface area contributed by atoms with Gasteiger partial charge in [-0.15, -0.1) is 0 Å². The second-order valence-corrected chi connectivity index (χ2v) is 7.12. The van der Waals surface area contributed by atoms with Crippen LogP contribution in [0.3, 0.4) is 0 Å². The Morgan fingerprint density at radius 2 is 2.06 bits per heavy atom. The minimum atomic E-state index is -3.75. The summed E-state index contributed by atoms with van der Waals surface area (Å²) in [6, 6.07) is 4.19. The lowest BCUT2D eigenvalue weighted by atomic mass is 10.2. The van der Waals surface area contributed by atoms with Crippen molar-refractivity contribution >= 4 is 32.2 Å². The van der Waals surface area contributed by atoms with Gasteiger partial charge in [-0.3, -0.25) is 4.21 Å². The molecule has 18 heavy (non-hydrogen) atoms. The highest BCUT2D eigenvalue weighted by Gasteiger charge is 2.11. The Bertz CT molecular complexity index is 557. The zero-order valence-corrected chi connectivity index (χ0v) is 11.8. The zero-order valence-electron chi connectivity index (χ0n) is 10.2. The molecule has 0 radical (unpaired) electrons. The van der Waals surface area contributed by atoms with Gasteiger partial charge in [-0.2, -0.15) is 0 Å². The van der Waals surface area contributed by atoms with Crippen LogP contribution in [0.4, 0.5) is 11.4 Å². The molecular weight excluding hydrogens is 274 g/mol. The summed E-state index contributed by atoms with van der Waals surface area (Å²) in [5, 5.41) is 8.07. The van der Waals surface area contributed by atoms with Crippen LogP contribution in [0.5, 0.6) is 0 Å². The summed E-state index contributed by atoms with van der Waals surface area (Å²) in [4.78, 5) is -0.0303. The maximum Gasteiger partial charge on any atom is 0.238 e. The zero-order chi connectivity index (χ0) is 13.9. The van der Waals surface area contributed by atoms with Crippen molar-refractivity contribution in [2.75, 3.05) is 23.1 Å². The minimum absolute atomic E-state index is 0.0292. The number of hydrogen-bond acceptors (Lipinski definition) is 5. The van der Waals surface area contributed by atoms with Crippen molar-refractivity contribution in [3.8, 4) is 0 Å². The summed E-state index contributed by atoms with van der Waals surface area (Å²) < 4.78 is 33.3. The van der Waals surface area contributed by atoms with E-state index in [2.05, 4.69) is 5.32 Å². The smallest absolute Gasteiger partial charge is 0.238 e. The van der Waals surface area contributed by atoms with Gasteiger partial charge in [-0.25, -0.2) is 13.6 Å². The summed E-state index contributed by atoms with van der Waals surface area (Å²) >= 11 is 0. The summed E-state index contributed by atoms with van der Waals surface area (Å²) in [5.74, 6) is 0.483. The number of nitrogen functional groups attached to an aromatic ring is 1. The fourth-order valence-corrected chi connectivity index (χ4v) is 2.84. The van der Waals surface area contributed by atoms with Gasteiger partial charge in [0, 0.05) is 28.9 Å². The van der Waals surface area contributed by atoms with Crippen molar-refractivity contribution in [3.63, 3.8) is 0 Å². The molecule has 1 aromatic carbocycles. The molecule has 0 aliphatic heterocycles. The van der Waals surface area contributed by atoms with E-state index in [-0.39, 0.29) is 16.6 Å². The highest BCUT2D eigenvalue weighted by atomic mass is 32.2. The molecular formula is C10H17N3O3S2. The van der Waals surface area contributed by atoms with E-state index in [4.69, 9.17) is 10.9 Å². The molecule has 6 nitrogen and oxygen atoms in total. The van der Waals surface area contributed by atoms with Gasteiger partial charge in [0.05, 0.1) is 16.3 Å². The van der Waals surface area contributed by atoms with Gasteiger partial charge in [0.15, 0.2) is 0 Å². The molecule has 0 fully saturated rings. The van der Waals surface area contributed by atoms with E-state index in [0.717, 1.165) is 0 Å². The van der Waals surface area contributed by atoms with Crippen molar-refractivity contribution in [1.29, 1.82) is 0 Å². The van der Waals surface area contributed by atoms with Crippen LogP contribution < -0.4 is 16.2 Å². The number of sulfonamides is 1. The summed E-state index contributed by atoms with van der Waals surface area (Å²) in [7, 11) is -4.66. The van der Waals surface area contributed by atoms with Gasteiger partial charge >= 0.3 is 0 Å². The topological polar surface area (TPSA) is 115 Å². The van der Waals surface area contributed by atoms with Gasteiger partial charge in [0.1, 0.15) is 0 Å². The summed E-state index contributed by atoms with van der Waals surface area (Å²) in [6.45, 7) is 1.87. The molecule has 0 aliphatic carbocycles. The monoisotopic (exact) mass is 291 g/mol. The lowest BCUT2D eigenvalue weighted by Crippen LogP contribution is -2.23. The van der Waals surface area contributed by atoms with E-state index >= 15 is 0 Å². The third-order valence-electron chi connectivity index (χ3n) is 2.24. The van der Waals surface area contributed by atoms with Crippen LogP contribution >= 0.6 is 0 Å². The Morgan fingerprint density at radius 3 is 2.50 bits per heavy atom. The molecule has 0 saturated heterocycles. The number of primary sulfonamides is 1. The van der Waals surface area contributed by atoms with E-state index in [1.165, 1.54) is 12.1 Å². The minimum Gasteiger partial charge on any atom is -0.397 e. The lowest BCUT2D eigenvalue weighted by molar-refractivity contribution is 0.598. The van der Waals surface area contributed by atoms with Crippen molar-refractivity contribution in [2.24, 2.45) is 5.14 Å². The third-order valence-corrected chi connectivity index (χ3v) is 4.12. The molecule has 0 spiro atoms. The average molecular weight is 291 g/mol. The van der Waals surface area contributed by atoms with Crippen LogP contribution in [-0.2, 0) is 20.8 Å². The highest BCUT2D eigenvalue weighted by Crippen LogP contribution is 2.22. The molecule has 2 unspecified atom stereocenters. The number of benzene rings is 1. The Morgan fingerprint density at radius 1 is 1.44 bits per heavy atom. The first-order valence-electron chi connectivity index (χ1n) is 5.19. The van der Waals surface area contributed by atoms with Crippen LogP contribution in [0.25, 0.3) is 0 Å². The largest absolute Gasteiger partial charge is 0.397 e. The van der Waals surface area contributed by atoms with Crippen LogP contribution in [0.15, 0.2) is 23.1 Å². The molecule has 0 heterocycles. The number of nitrogens with two attached hydrogens (primary N) is 2. The lowest BCUT2D eigenvalue weighted by Gasteiger charge is -2.16. The van der Waals surface area contributed by atoms with Gasteiger partial charge in [-0.1, -0.05) is 0 Å². The SMILES string of the molecule is CC(CS(C)=O)Nc1ccc(S(N)(=O)=O)cc1N. The predicted molar refractivity (Wildman–Crippen MR) is 74.2 cm³/mol. The maximum absolute atomic E-state index is 11.1. The molecule has 5 N–H and O–H groups in total. The fraction of sp³-hybridized carbons (Fsp3) is 0.400. The second kappa shape index (κ2) is 5.68. The van der Waals surface area contributed by atoms with E-state index in [1.807, 2.05) is 6.92 Å². The third kappa shape index (κ3) is 4.28. The molecule has 2 atom stereocenters. The molecule has 0 amide bonds. The molecule has 1 aromatic rings. The van der Waals surface area contributed by atoms with Crippen LogP contribution in [0.1, 0.15) is 6.92 Å². The van der Waals surface area contributed by atoms with E-state index in [9.17, 15) is 12.6 Å². The predicted octanol–water partition coefficient (Wildman–Crippen LogP) is 0.0951. The van der Waals surface area contributed by atoms with Crippen molar-refractivity contribution in [3.05, 3.63) is 18.2 Å². The maximum atomic E-state index is 11.1. The molecule has 0 bridgehead atoms. The molecule has 0 saturated carbocycles. The quantitative estimate of drug-likeness (QED) is 0.665. The normalized spacial score (nSPS) is 15.1. The van der Waals surface area contributed by atoms with Gasteiger partial charge in [0.25, 0.3) is 0 Å². The highest BCUT2D eigenvalue weighted by molar-refractivity contribution is 7.89. The Hall–Kier alpha value is -1.12. The number of hydrogen-bond donors (Lipinski definition) is 3. The molecule has 102 valence electrons. The first-order valence-corrected chi connectivity index (χ1v) is 8.46. The first-order chi connectivity index (χ1) is 8.20. The summed E-state index contributed by atoms with van der Waals surface area (Å²) in [6.07, 6.45) is 1.62. The fourth-order valence-electron chi connectivity index (χ4n) is 1.51. The van der Waals surface area contributed by atoms with Crippen LogP contribution in [0.2, 0.25) is 0 Å². The van der Waals surface area contributed by atoms with Crippen molar-refractivity contribution < 1.29 is 12.6 Å².